The van der Waals surface area contributed by atoms with Crippen LogP contribution >= 0.6 is 0 Å². The Kier molecular flexibility index (Phi) is 3.87. The molecule has 22 heavy (non-hydrogen) atoms. The molecular formula is C17H19N5. The van der Waals surface area contributed by atoms with Crippen LogP contribution in [0.3, 0.4) is 0 Å². The van der Waals surface area contributed by atoms with Crippen LogP contribution in [0.4, 0.5) is 11.5 Å². The molecule has 1 aromatic carbocycles. The number of benzene rings is 1. The van der Waals surface area contributed by atoms with Crippen molar-refractivity contribution >= 4 is 22.7 Å². The number of anilines is 2. The number of rotatable bonds is 4. The normalized spacial score (nSPS) is 10.7. The first kappa shape index (κ1) is 14.3. The summed E-state index contributed by atoms with van der Waals surface area (Å²) in [4.78, 5) is 15.0. The van der Waals surface area contributed by atoms with Crippen molar-refractivity contribution in [3.8, 4) is 0 Å². The first-order valence-electron chi connectivity index (χ1n) is 7.22. The second-order valence-corrected chi connectivity index (χ2v) is 5.45. The van der Waals surface area contributed by atoms with Gasteiger partial charge in [-0.1, -0.05) is 6.07 Å². The van der Waals surface area contributed by atoms with Gasteiger partial charge in [-0.15, -0.1) is 0 Å². The maximum Gasteiger partial charge on any atom is 0.180 e. The van der Waals surface area contributed by atoms with Crippen LogP contribution in [0.15, 0.2) is 42.7 Å². The summed E-state index contributed by atoms with van der Waals surface area (Å²) in [6.45, 7) is 2.86. The molecule has 0 saturated carbocycles. The monoisotopic (exact) mass is 293 g/mol. The highest BCUT2D eigenvalue weighted by Crippen LogP contribution is 2.18. The van der Waals surface area contributed by atoms with Gasteiger partial charge in [-0.05, 0) is 42.3 Å². The first-order chi connectivity index (χ1) is 10.6. The topological polar surface area (TPSA) is 53.9 Å². The third-order valence-electron chi connectivity index (χ3n) is 3.63. The standard InChI is InChI=1S/C17H19N5/c1-12-10-14(22(2)3)5-4-13(12)11-20-16-7-6-15-17(21-16)19-9-8-18-15/h4-10H,11H2,1-3H3,(H,19,20,21). The molecule has 0 saturated heterocycles. The van der Waals surface area contributed by atoms with Gasteiger partial charge in [-0.3, -0.25) is 4.98 Å². The Morgan fingerprint density at radius 1 is 1.05 bits per heavy atom. The molecule has 2 aromatic heterocycles. The molecule has 1 N–H and O–H groups in total. The van der Waals surface area contributed by atoms with Crippen molar-refractivity contribution in [1.29, 1.82) is 0 Å². The maximum absolute atomic E-state index is 4.47. The van der Waals surface area contributed by atoms with Gasteiger partial charge in [-0.25, -0.2) is 9.97 Å². The van der Waals surface area contributed by atoms with Gasteiger partial charge < -0.3 is 10.2 Å². The summed E-state index contributed by atoms with van der Waals surface area (Å²) in [5.74, 6) is 0.809. The molecule has 0 aliphatic heterocycles. The molecule has 0 aliphatic rings. The van der Waals surface area contributed by atoms with Crippen molar-refractivity contribution < 1.29 is 0 Å². The zero-order valence-corrected chi connectivity index (χ0v) is 13.0. The van der Waals surface area contributed by atoms with E-state index in [1.54, 1.807) is 12.4 Å². The predicted molar refractivity (Wildman–Crippen MR) is 90.2 cm³/mol. The maximum atomic E-state index is 4.47. The van der Waals surface area contributed by atoms with Crippen molar-refractivity contribution in [3.63, 3.8) is 0 Å². The van der Waals surface area contributed by atoms with E-state index in [0.29, 0.717) is 5.65 Å². The molecule has 0 amide bonds. The van der Waals surface area contributed by atoms with Crippen LogP contribution in [0.5, 0.6) is 0 Å². The molecule has 0 aliphatic carbocycles. The molecule has 5 heteroatoms. The van der Waals surface area contributed by atoms with E-state index >= 15 is 0 Å². The molecule has 0 atom stereocenters. The Labute approximate surface area is 130 Å². The van der Waals surface area contributed by atoms with Gasteiger partial charge in [0.15, 0.2) is 5.65 Å². The minimum absolute atomic E-state index is 0.659. The molecule has 112 valence electrons. The average molecular weight is 293 g/mol. The van der Waals surface area contributed by atoms with E-state index < -0.39 is 0 Å². The zero-order chi connectivity index (χ0) is 15.5. The SMILES string of the molecule is Cc1cc(N(C)C)ccc1CNc1ccc2nccnc2n1. The van der Waals surface area contributed by atoms with Crippen LogP contribution < -0.4 is 10.2 Å². The molecular weight excluding hydrogens is 274 g/mol. The number of hydrogen-bond donors (Lipinski definition) is 1. The van der Waals surface area contributed by atoms with Gasteiger partial charge in [0.2, 0.25) is 0 Å². The highest BCUT2D eigenvalue weighted by molar-refractivity contribution is 5.71. The second kappa shape index (κ2) is 5.97. The molecule has 3 rings (SSSR count). The fourth-order valence-corrected chi connectivity index (χ4v) is 2.30. The molecule has 5 nitrogen and oxygen atoms in total. The number of fused-ring (bicyclic) bond motifs is 1. The number of nitrogens with zero attached hydrogens (tertiary/aromatic N) is 4. The summed E-state index contributed by atoms with van der Waals surface area (Å²) in [5.41, 5.74) is 5.19. The Bertz CT molecular complexity index is 798. The number of aromatic nitrogens is 3. The Balaban J connectivity index is 1.76. The Morgan fingerprint density at radius 2 is 1.86 bits per heavy atom. The van der Waals surface area contributed by atoms with E-state index in [9.17, 15) is 0 Å². The molecule has 0 radical (unpaired) electrons. The highest BCUT2D eigenvalue weighted by Gasteiger charge is 2.03. The number of hydrogen-bond acceptors (Lipinski definition) is 5. The molecule has 2 heterocycles. The van der Waals surface area contributed by atoms with Gasteiger partial charge in [0, 0.05) is 38.7 Å². The van der Waals surface area contributed by atoms with Crippen molar-refractivity contribution in [2.24, 2.45) is 0 Å². The van der Waals surface area contributed by atoms with Crippen molar-refractivity contribution in [2.45, 2.75) is 13.5 Å². The van der Waals surface area contributed by atoms with E-state index in [1.807, 2.05) is 26.2 Å². The van der Waals surface area contributed by atoms with Crippen LogP contribution in [0, 0.1) is 6.92 Å². The number of pyridine rings is 1. The van der Waals surface area contributed by atoms with Crippen LogP contribution in [-0.4, -0.2) is 29.0 Å². The molecule has 0 unspecified atom stereocenters. The quantitative estimate of drug-likeness (QED) is 0.801. The lowest BCUT2D eigenvalue weighted by molar-refractivity contribution is 1.07. The Hall–Kier alpha value is -2.69. The smallest absolute Gasteiger partial charge is 0.180 e. The average Bonchev–Trinajstić information content (AvgIpc) is 2.53. The Morgan fingerprint density at radius 3 is 2.64 bits per heavy atom. The van der Waals surface area contributed by atoms with Crippen molar-refractivity contribution in [2.75, 3.05) is 24.3 Å². The summed E-state index contributed by atoms with van der Waals surface area (Å²) in [5, 5.41) is 3.35. The van der Waals surface area contributed by atoms with Crippen LogP contribution in [0.25, 0.3) is 11.2 Å². The lowest BCUT2D eigenvalue weighted by Gasteiger charge is -2.15. The van der Waals surface area contributed by atoms with Crippen LogP contribution in [0.1, 0.15) is 11.1 Å². The summed E-state index contributed by atoms with van der Waals surface area (Å²) in [6, 6.07) is 10.3. The first-order valence-corrected chi connectivity index (χ1v) is 7.22. The minimum Gasteiger partial charge on any atom is -0.378 e. The molecule has 3 aromatic rings. The molecule has 0 fully saturated rings. The minimum atomic E-state index is 0.659. The number of aryl methyl sites for hydroxylation is 1. The zero-order valence-electron chi connectivity index (χ0n) is 13.0. The van der Waals surface area contributed by atoms with Crippen LogP contribution in [-0.2, 0) is 6.54 Å². The van der Waals surface area contributed by atoms with Crippen LogP contribution in [0.2, 0.25) is 0 Å². The summed E-state index contributed by atoms with van der Waals surface area (Å²) in [7, 11) is 4.10. The van der Waals surface area contributed by atoms with Gasteiger partial charge >= 0.3 is 0 Å². The van der Waals surface area contributed by atoms with E-state index in [1.165, 1.54) is 16.8 Å². The largest absolute Gasteiger partial charge is 0.378 e. The van der Waals surface area contributed by atoms with E-state index in [4.69, 9.17) is 0 Å². The van der Waals surface area contributed by atoms with Gasteiger partial charge in [0.1, 0.15) is 11.3 Å². The fraction of sp³-hybridized carbons (Fsp3) is 0.235. The van der Waals surface area contributed by atoms with Gasteiger partial charge in [0.25, 0.3) is 0 Å². The van der Waals surface area contributed by atoms with E-state index in [2.05, 4.69) is 50.3 Å². The van der Waals surface area contributed by atoms with Crippen molar-refractivity contribution in [1.82, 2.24) is 15.0 Å². The second-order valence-electron chi connectivity index (χ2n) is 5.45. The number of nitrogens with one attached hydrogen (secondary N) is 1. The fourth-order valence-electron chi connectivity index (χ4n) is 2.30. The van der Waals surface area contributed by atoms with E-state index in [0.717, 1.165) is 17.9 Å². The van der Waals surface area contributed by atoms with Crippen molar-refractivity contribution in [3.05, 3.63) is 53.9 Å². The van der Waals surface area contributed by atoms with Gasteiger partial charge in [-0.2, -0.15) is 0 Å². The lowest BCUT2D eigenvalue weighted by atomic mass is 10.1. The summed E-state index contributed by atoms with van der Waals surface area (Å²) in [6.07, 6.45) is 3.33. The summed E-state index contributed by atoms with van der Waals surface area (Å²) >= 11 is 0. The third-order valence-corrected chi connectivity index (χ3v) is 3.63. The highest BCUT2D eigenvalue weighted by atomic mass is 15.1. The molecule has 0 bridgehead atoms. The molecule has 0 spiro atoms. The van der Waals surface area contributed by atoms with Gasteiger partial charge in [0.05, 0.1) is 0 Å². The predicted octanol–water partition coefficient (Wildman–Crippen LogP) is 3.01. The third kappa shape index (κ3) is 2.98. The van der Waals surface area contributed by atoms with E-state index in [-0.39, 0.29) is 0 Å². The lowest BCUT2D eigenvalue weighted by Crippen LogP contribution is -2.10. The summed E-state index contributed by atoms with van der Waals surface area (Å²) < 4.78 is 0.